The Labute approximate surface area is 426 Å². The van der Waals surface area contributed by atoms with Gasteiger partial charge in [-0.25, -0.2) is 0 Å². The summed E-state index contributed by atoms with van der Waals surface area (Å²) in [5, 5.41) is 0. The molecule has 0 amide bonds. The van der Waals surface area contributed by atoms with Crippen molar-refractivity contribution in [2.75, 3.05) is 0 Å². The number of aryl methyl sites for hydroxylation is 7. The van der Waals surface area contributed by atoms with Gasteiger partial charge in [0.25, 0.3) is 8.38 Å². The number of rotatable bonds is 18. The van der Waals surface area contributed by atoms with Gasteiger partial charge in [-0.2, -0.15) is 0 Å². The van der Waals surface area contributed by atoms with Crippen molar-refractivity contribution in [3.63, 3.8) is 0 Å². The summed E-state index contributed by atoms with van der Waals surface area (Å²) in [7, 11) is -2.42. The van der Waals surface area contributed by atoms with Crippen molar-refractivity contribution < 1.29 is 13.6 Å². The Balaban J connectivity index is 1.29. The molecule has 2 aliphatic carbocycles. The first kappa shape index (κ1) is 51.9. The van der Waals surface area contributed by atoms with Gasteiger partial charge in [-0.3, -0.25) is 0 Å². The lowest BCUT2D eigenvalue weighted by Crippen LogP contribution is -2.14. The van der Waals surface area contributed by atoms with Gasteiger partial charge in [0.1, 0.15) is 17.2 Å². The van der Waals surface area contributed by atoms with Crippen LogP contribution in [0, 0.1) is 27.7 Å². The summed E-state index contributed by atoms with van der Waals surface area (Å²) in [5.74, 6) is 4.60. The Bertz CT molecular complexity index is 2680. The molecule has 0 fully saturated rings. The van der Waals surface area contributed by atoms with Gasteiger partial charge in [0.05, 0.1) is 14.3 Å². The van der Waals surface area contributed by atoms with E-state index in [-0.39, 0.29) is 0 Å². The lowest BCUT2D eigenvalue weighted by atomic mass is 9.76. The molecular weight excluding hydrogens is 891 g/mol. The van der Waals surface area contributed by atoms with E-state index < -0.39 is 16.5 Å². The van der Waals surface area contributed by atoms with Crippen molar-refractivity contribution in [1.82, 2.24) is 0 Å². The summed E-state index contributed by atoms with van der Waals surface area (Å²) in [6.07, 6.45) is 12.9. The van der Waals surface area contributed by atoms with E-state index >= 15 is 0 Å². The molecule has 5 heteroatoms. The Morgan fingerprint density at radius 2 is 0.886 bits per heavy atom. The molecule has 1 unspecified atom stereocenters. The second-order valence-electron chi connectivity index (χ2n) is 22.0. The van der Waals surface area contributed by atoms with E-state index in [4.69, 9.17) is 13.6 Å². The van der Waals surface area contributed by atoms with Crippen LogP contribution in [0.5, 0.6) is 17.2 Å². The normalized spacial score (nSPS) is 14.1. The van der Waals surface area contributed by atoms with Gasteiger partial charge in [-0.1, -0.05) is 117 Å². The van der Waals surface area contributed by atoms with Crippen molar-refractivity contribution in [1.29, 1.82) is 0 Å². The highest BCUT2D eigenvalue weighted by Crippen LogP contribution is 2.53. The first-order valence-electron chi connectivity index (χ1n) is 26.9. The van der Waals surface area contributed by atoms with Crippen LogP contribution in [0.2, 0.25) is 0 Å². The fourth-order valence-corrected chi connectivity index (χ4v) is 15.2. The van der Waals surface area contributed by atoms with Crippen LogP contribution in [0.1, 0.15) is 201 Å². The third-order valence-corrected chi connectivity index (χ3v) is 18.6. The van der Waals surface area contributed by atoms with Gasteiger partial charge < -0.3 is 13.6 Å². The van der Waals surface area contributed by atoms with Crippen LogP contribution in [-0.4, -0.2) is 0 Å². The van der Waals surface area contributed by atoms with Gasteiger partial charge >= 0.3 is 0 Å². The zero-order chi connectivity index (χ0) is 49.8. The average molecular weight is 973 g/mol. The summed E-state index contributed by atoms with van der Waals surface area (Å²) in [6.45, 7) is 29.6. The highest BCUT2D eigenvalue weighted by molar-refractivity contribution is 7.51. The number of benzene rings is 6. The van der Waals surface area contributed by atoms with Crippen molar-refractivity contribution in [3.05, 3.63) is 180 Å². The van der Waals surface area contributed by atoms with Crippen molar-refractivity contribution >= 4 is 16.5 Å². The Hall–Kier alpha value is -4.42. The second kappa shape index (κ2) is 23.0. The third kappa shape index (κ3) is 11.9. The zero-order valence-corrected chi connectivity index (χ0v) is 46.9. The molecule has 8 rings (SSSR count). The van der Waals surface area contributed by atoms with Crippen LogP contribution >= 0.6 is 16.5 Å². The fourth-order valence-electron chi connectivity index (χ4n) is 11.8. The predicted octanol–water partition coefficient (Wildman–Crippen LogP) is 19.5. The average Bonchev–Trinajstić information content (AvgIpc) is 3.31. The molecule has 70 heavy (non-hydrogen) atoms. The van der Waals surface area contributed by atoms with E-state index in [9.17, 15) is 0 Å². The van der Waals surface area contributed by atoms with Crippen LogP contribution in [0.25, 0.3) is 11.1 Å². The first-order valence-corrected chi connectivity index (χ1v) is 29.9. The standard InChI is InChI=1S/C65H82O3P2/c1-14-50-37-52-20-16-18-22-62(52)65(63(50)40-69(38-49-23-29-57(41(2)3)45(10)33-49)66-54-26-30-58(42(4)5)46(11)34-54)64-53(25-24-51-19-15-17-21-61(51)64)39-70(67-55-27-31-59(43(6)7)47(12)35-55)68-56-28-32-60(44(8)9)48(13)36-56/h23-37,41-44H,14-22,38-40H2,1-13H3. The van der Waals surface area contributed by atoms with E-state index in [1.54, 1.807) is 16.7 Å². The minimum atomic E-state index is -1.44. The summed E-state index contributed by atoms with van der Waals surface area (Å²) >= 11 is 0. The van der Waals surface area contributed by atoms with Crippen LogP contribution in [0.4, 0.5) is 0 Å². The molecule has 6 aromatic carbocycles. The van der Waals surface area contributed by atoms with Crippen molar-refractivity contribution in [3.8, 4) is 28.4 Å². The molecule has 370 valence electrons. The summed E-state index contributed by atoms with van der Waals surface area (Å²) in [4.78, 5) is 0. The topological polar surface area (TPSA) is 27.7 Å². The van der Waals surface area contributed by atoms with Gasteiger partial charge in [0.15, 0.2) is 0 Å². The summed E-state index contributed by atoms with van der Waals surface area (Å²) in [5.41, 5.74) is 25.7. The Morgan fingerprint density at radius 3 is 1.37 bits per heavy atom. The van der Waals surface area contributed by atoms with E-state index in [1.165, 1.54) is 109 Å². The lowest BCUT2D eigenvalue weighted by Gasteiger charge is -2.32. The Kier molecular flexibility index (Phi) is 17.0. The van der Waals surface area contributed by atoms with Gasteiger partial charge in [0.2, 0.25) is 0 Å². The summed E-state index contributed by atoms with van der Waals surface area (Å²) < 4.78 is 21.8. The van der Waals surface area contributed by atoms with Crippen LogP contribution in [0.3, 0.4) is 0 Å². The van der Waals surface area contributed by atoms with E-state index in [1.807, 2.05) is 0 Å². The fraction of sp³-hybridized carbons (Fsp3) is 0.446. The minimum absolute atomic E-state index is 0.446. The monoisotopic (exact) mass is 973 g/mol. The molecule has 0 aromatic heterocycles. The second-order valence-corrected chi connectivity index (χ2v) is 25.1. The molecular formula is C65H82O3P2. The quantitative estimate of drug-likeness (QED) is 0.0804. The molecule has 0 saturated carbocycles. The van der Waals surface area contributed by atoms with Gasteiger partial charge in [-0.15, -0.1) is 0 Å². The van der Waals surface area contributed by atoms with Crippen molar-refractivity contribution in [2.45, 2.75) is 190 Å². The lowest BCUT2D eigenvalue weighted by molar-refractivity contribution is 0.487. The molecule has 6 aromatic rings. The molecule has 1 atom stereocenters. The minimum Gasteiger partial charge on any atom is -0.473 e. The van der Waals surface area contributed by atoms with E-state index in [2.05, 4.69) is 181 Å². The largest absolute Gasteiger partial charge is 0.473 e. The first-order chi connectivity index (χ1) is 33.6. The van der Waals surface area contributed by atoms with E-state index in [0.29, 0.717) is 29.8 Å². The molecule has 0 radical (unpaired) electrons. The zero-order valence-electron chi connectivity index (χ0n) is 45.1. The maximum absolute atomic E-state index is 7.42. The maximum atomic E-state index is 7.42. The smallest absolute Gasteiger partial charge is 0.295 e. The number of hydrogen-bond acceptors (Lipinski definition) is 3. The van der Waals surface area contributed by atoms with Gasteiger partial charge in [0, 0.05) is 12.3 Å². The van der Waals surface area contributed by atoms with Crippen LogP contribution in [0.15, 0.2) is 91.0 Å². The van der Waals surface area contributed by atoms with Gasteiger partial charge in [-0.05, 0) is 246 Å². The van der Waals surface area contributed by atoms with E-state index in [0.717, 1.165) is 61.7 Å². The molecule has 2 aliphatic rings. The SMILES string of the molecule is CCc1cc2c(c(-c3c(CP(Oc4ccc(C(C)C)c(C)c4)Oc4ccc(C(C)C)c(C)c4)ccc4c3CCCC4)c1CP(Cc1ccc(C(C)C)c(C)c1)Oc1ccc(C(C)C)c(C)c1)CCCC2. The summed E-state index contributed by atoms with van der Waals surface area (Å²) in [6, 6.07) is 34.9. The molecule has 0 saturated heterocycles. The third-order valence-electron chi connectivity index (χ3n) is 15.3. The molecule has 0 bridgehead atoms. The maximum Gasteiger partial charge on any atom is 0.295 e. The molecule has 0 N–H and O–H groups in total. The van der Waals surface area contributed by atoms with Crippen LogP contribution < -0.4 is 13.6 Å². The van der Waals surface area contributed by atoms with Crippen molar-refractivity contribution in [2.24, 2.45) is 0 Å². The molecule has 3 nitrogen and oxygen atoms in total. The van der Waals surface area contributed by atoms with Crippen LogP contribution in [-0.2, 0) is 50.6 Å². The number of hydrogen-bond donors (Lipinski definition) is 0. The molecule has 0 heterocycles. The predicted molar refractivity (Wildman–Crippen MR) is 302 cm³/mol. The highest BCUT2D eigenvalue weighted by Gasteiger charge is 2.31. The Morgan fingerprint density at radius 1 is 0.429 bits per heavy atom. The molecule has 0 spiro atoms. The highest BCUT2D eigenvalue weighted by atomic mass is 31.2. The number of fused-ring (bicyclic) bond motifs is 2. The molecule has 0 aliphatic heterocycles.